The summed E-state index contributed by atoms with van der Waals surface area (Å²) in [6.45, 7) is -0.273. The molecule has 2 N–H and O–H groups in total. The Morgan fingerprint density at radius 2 is 1.79 bits per heavy atom. The lowest BCUT2D eigenvalue weighted by Crippen LogP contribution is -2.36. The minimum atomic E-state index is -0.447. The monoisotopic (exact) mass is 399 g/mol. The summed E-state index contributed by atoms with van der Waals surface area (Å²) in [5.41, 5.74) is 1.29. The Labute approximate surface area is 167 Å². The zero-order valence-electron chi connectivity index (χ0n) is 16.3. The Morgan fingerprint density at radius 3 is 2.45 bits per heavy atom. The van der Waals surface area contributed by atoms with Crippen molar-refractivity contribution in [1.29, 1.82) is 0 Å². The molecule has 0 saturated carbocycles. The fourth-order valence-electron chi connectivity index (χ4n) is 2.76. The summed E-state index contributed by atoms with van der Waals surface area (Å²) in [5, 5.41) is 5.23. The molecular weight excluding hydrogens is 378 g/mol. The molecule has 2 aromatic rings. The third-order valence-electron chi connectivity index (χ3n) is 4.35. The zero-order valence-corrected chi connectivity index (χ0v) is 16.3. The van der Waals surface area contributed by atoms with E-state index in [0.29, 0.717) is 34.2 Å². The van der Waals surface area contributed by atoms with Gasteiger partial charge < -0.3 is 29.7 Å². The maximum atomic E-state index is 12.4. The zero-order chi connectivity index (χ0) is 21.0. The summed E-state index contributed by atoms with van der Waals surface area (Å²) in [5.74, 6) is 0.508. The van der Waals surface area contributed by atoms with Gasteiger partial charge >= 0.3 is 0 Å². The van der Waals surface area contributed by atoms with E-state index in [9.17, 15) is 14.4 Å². The predicted octanol–water partition coefficient (Wildman–Crippen LogP) is 1.43. The average molecular weight is 399 g/mol. The molecule has 0 atom stereocenters. The predicted molar refractivity (Wildman–Crippen MR) is 106 cm³/mol. The molecule has 1 heterocycles. The average Bonchev–Trinajstić information content (AvgIpc) is 2.74. The number of anilines is 2. The third-order valence-corrected chi connectivity index (χ3v) is 4.35. The number of carbonyl (C=O) groups excluding carboxylic acids is 3. The van der Waals surface area contributed by atoms with E-state index in [1.807, 2.05) is 0 Å². The Kier molecular flexibility index (Phi) is 5.87. The fourth-order valence-corrected chi connectivity index (χ4v) is 2.76. The molecule has 9 heteroatoms. The van der Waals surface area contributed by atoms with E-state index in [0.717, 1.165) is 0 Å². The Hall–Kier alpha value is -3.75. The first-order valence-corrected chi connectivity index (χ1v) is 8.76. The number of rotatable bonds is 6. The number of methoxy groups -OCH3 is 2. The second-order valence-corrected chi connectivity index (χ2v) is 6.26. The molecule has 3 rings (SSSR count). The lowest BCUT2D eigenvalue weighted by Gasteiger charge is -2.26. The summed E-state index contributed by atoms with van der Waals surface area (Å²) in [6.07, 6.45) is 0. The highest BCUT2D eigenvalue weighted by Crippen LogP contribution is 2.32. The highest BCUT2D eigenvalue weighted by atomic mass is 16.5. The summed E-state index contributed by atoms with van der Waals surface area (Å²) in [6, 6.07) is 9.70. The van der Waals surface area contributed by atoms with Crippen molar-refractivity contribution in [2.24, 2.45) is 0 Å². The number of hydrogen-bond acceptors (Lipinski definition) is 6. The van der Waals surface area contributed by atoms with E-state index in [1.165, 1.54) is 19.1 Å². The second-order valence-electron chi connectivity index (χ2n) is 6.26. The van der Waals surface area contributed by atoms with Crippen molar-refractivity contribution in [3.8, 4) is 17.2 Å². The van der Waals surface area contributed by atoms with Crippen LogP contribution in [0, 0.1) is 0 Å². The number of hydrogen-bond donors (Lipinski definition) is 2. The van der Waals surface area contributed by atoms with Crippen molar-refractivity contribution in [3.63, 3.8) is 0 Å². The van der Waals surface area contributed by atoms with E-state index >= 15 is 0 Å². The summed E-state index contributed by atoms with van der Waals surface area (Å²) in [4.78, 5) is 37.8. The molecular formula is C20H21N3O6. The van der Waals surface area contributed by atoms with E-state index < -0.39 is 11.8 Å². The Bertz CT molecular complexity index is 937. The molecule has 1 aliphatic heterocycles. The molecule has 0 aliphatic carbocycles. The Balaban J connectivity index is 1.62. The van der Waals surface area contributed by atoms with E-state index in [2.05, 4.69) is 10.6 Å². The molecule has 0 radical (unpaired) electrons. The van der Waals surface area contributed by atoms with Crippen LogP contribution in [-0.4, -0.2) is 52.1 Å². The van der Waals surface area contributed by atoms with Gasteiger partial charge in [-0.2, -0.15) is 0 Å². The molecule has 0 fully saturated rings. The molecule has 0 bridgehead atoms. The van der Waals surface area contributed by atoms with Crippen LogP contribution in [0.4, 0.5) is 11.4 Å². The first-order chi connectivity index (χ1) is 13.9. The van der Waals surface area contributed by atoms with Crippen LogP contribution in [0.15, 0.2) is 36.4 Å². The summed E-state index contributed by atoms with van der Waals surface area (Å²) >= 11 is 0. The molecule has 0 saturated heterocycles. The molecule has 0 spiro atoms. The van der Waals surface area contributed by atoms with Crippen LogP contribution < -0.4 is 29.7 Å². The molecule has 9 nitrogen and oxygen atoms in total. The maximum absolute atomic E-state index is 12.4. The number of nitrogens with one attached hydrogen (secondary N) is 2. The van der Waals surface area contributed by atoms with E-state index in [1.54, 1.807) is 43.4 Å². The van der Waals surface area contributed by atoms with Gasteiger partial charge in [0.15, 0.2) is 6.61 Å². The van der Waals surface area contributed by atoms with Gasteiger partial charge in [-0.05, 0) is 18.2 Å². The van der Waals surface area contributed by atoms with Crippen molar-refractivity contribution >= 4 is 29.1 Å². The highest BCUT2D eigenvalue weighted by Gasteiger charge is 2.23. The molecule has 3 amide bonds. The number of ether oxygens (including phenoxy) is 3. The molecule has 0 unspecified atom stereocenters. The van der Waals surface area contributed by atoms with Crippen LogP contribution in [0.2, 0.25) is 0 Å². The number of likely N-dealkylation sites (N-methyl/N-ethyl adjacent to an activating group) is 1. The van der Waals surface area contributed by atoms with Gasteiger partial charge in [-0.25, -0.2) is 0 Å². The summed E-state index contributed by atoms with van der Waals surface area (Å²) in [7, 11) is 4.63. The number of fused-ring (bicyclic) bond motifs is 1. The second kappa shape index (κ2) is 8.51. The minimum absolute atomic E-state index is 0.0374. The lowest BCUT2D eigenvalue weighted by molar-refractivity contribution is -0.121. The number of carbonyl (C=O) groups is 3. The highest BCUT2D eigenvalue weighted by molar-refractivity contribution is 6.02. The van der Waals surface area contributed by atoms with Crippen LogP contribution in [0.1, 0.15) is 10.4 Å². The van der Waals surface area contributed by atoms with Crippen LogP contribution >= 0.6 is 0 Å². The van der Waals surface area contributed by atoms with Crippen molar-refractivity contribution in [1.82, 2.24) is 5.32 Å². The van der Waals surface area contributed by atoms with E-state index in [-0.39, 0.29) is 19.1 Å². The quantitative estimate of drug-likeness (QED) is 0.761. The van der Waals surface area contributed by atoms with Crippen LogP contribution in [-0.2, 0) is 9.59 Å². The smallest absolute Gasteiger partial charge is 0.264 e. The Morgan fingerprint density at radius 1 is 1.10 bits per heavy atom. The minimum Gasteiger partial charge on any atom is -0.497 e. The van der Waals surface area contributed by atoms with Crippen molar-refractivity contribution < 1.29 is 28.6 Å². The SMILES string of the molecule is COc1cc(NC(=O)CNC(=O)c2ccc3c(c2)N(C)C(=O)CO3)cc(OC)c1. The van der Waals surface area contributed by atoms with Gasteiger partial charge in [-0.3, -0.25) is 14.4 Å². The largest absolute Gasteiger partial charge is 0.497 e. The molecule has 29 heavy (non-hydrogen) atoms. The molecule has 1 aliphatic rings. The van der Waals surface area contributed by atoms with E-state index in [4.69, 9.17) is 14.2 Å². The summed E-state index contributed by atoms with van der Waals surface area (Å²) < 4.78 is 15.7. The number of benzene rings is 2. The molecule has 0 aromatic heterocycles. The first kappa shape index (κ1) is 20.0. The fraction of sp³-hybridized carbons (Fsp3) is 0.250. The van der Waals surface area contributed by atoms with Gasteiger partial charge in [0.2, 0.25) is 5.91 Å². The van der Waals surface area contributed by atoms with Gasteiger partial charge in [0.1, 0.15) is 17.2 Å². The van der Waals surface area contributed by atoms with Crippen LogP contribution in [0.25, 0.3) is 0 Å². The van der Waals surface area contributed by atoms with Crippen LogP contribution in [0.3, 0.4) is 0 Å². The van der Waals surface area contributed by atoms with Crippen molar-refractivity contribution in [3.05, 3.63) is 42.0 Å². The normalized spacial score (nSPS) is 12.5. The van der Waals surface area contributed by atoms with Crippen molar-refractivity contribution in [2.45, 2.75) is 0 Å². The first-order valence-electron chi connectivity index (χ1n) is 8.76. The van der Waals surface area contributed by atoms with Gasteiger partial charge in [0.05, 0.1) is 26.5 Å². The number of nitrogens with zero attached hydrogens (tertiary/aromatic N) is 1. The molecule has 2 aromatic carbocycles. The standard InChI is InChI=1S/C20H21N3O6/c1-23-16-6-12(4-5-17(16)29-11-19(23)25)20(26)21-10-18(24)22-13-7-14(27-2)9-15(8-13)28-3/h4-9H,10-11H2,1-3H3,(H,21,26)(H,22,24). The van der Waals surface area contributed by atoms with Crippen LogP contribution in [0.5, 0.6) is 17.2 Å². The van der Waals surface area contributed by atoms with Gasteiger partial charge in [-0.15, -0.1) is 0 Å². The third kappa shape index (κ3) is 4.57. The lowest BCUT2D eigenvalue weighted by atomic mass is 10.1. The number of amides is 3. The topological polar surface area (TPSA) is 106 Å². The van der Waals surface area contributed by atoms with Gasteiger partial charge in [-0.1, -0.05) is 0 Å². The van der Waals surface area contributed by atoms with Crippen molar-refractivity contribution in [2.75, 3.05) is 44.6 Å². The maximum Gasteiger partial charge on any atom is 0.264 e. The molecule has 152 valence electrons. The van der Waals surface area contributed by atoms with Gasteiger partial charge in [0, 0.05) is 36.5 Å². The van der Waals surface area contributed by atoms with Gasteiger partial charge in [0.25, 0.3) is 11.8 Å².